The van der Waals surface area contributed by atoms with Gasteiger partial charge in [-0.1, -0.05) is 0 Å². The normalized spacial score (nSPS) is 27.5. The molecule has 1 N–H and O–H groups in total. The van der Waals surface area contributed by atoms with Crippen LogP contribution in [-0.2, 0) is 14.3 Å². The van der Waals surface area contributed by atoms with Gasteiger partial charge in [-0.3, -0.25) is 4.79 Å². The van der Waals surface area contributed by atoms with Gasteiger partial charge in [0.15, 0.2) is 0 Å². The van der Waals surface area contributed by atoms with E-state index in [-0.39, 0.29) is 24.2 Å². The van der Waals surface area contributed by atoms with Crippen LogP contribution < -0.4 is 5.32 Å². The van der Waals surface area contributed by atoms with Crippen LogP contribution in [0.25, 0.3) is 0 Å². The van der Waals surface area contributed by atoms with E-state index >= 15 is 0 Å². The predicted molar refractivity (Wildman–Crippen MR) is 59.2 cm³/mol. The molecule has 0 bridgehead atoms. The Hall–Kier alpha value is -0.650. The van der Waals surface area contributed by atoms with E-state index in [1.165, 1.54) is 0 Å². The summed E-state index contributed by atoms with van der Waals surface area (Å²) < 4.78 is 11.4. The van der Waals surface area contributed by atoms with Crippen molar-refractivity contribution in [2.24, 2.45) is 0 Å². The number of rotatable bonds is 3. The van der Waals surface area contributed by atoms with Gasteiger partial charge < -0.3 is 19.7 Å². The van der Waals surface area contributed by atoms with Crippen LogP contribution >= 0.6 is 0 Å². The van der Waals surface area contributed by atoms with Crippen molar-refractivity contribution in [1.29, 1.82) is 0 Å². The molecule has 1 amide bonds. The number of ether oxygens (including phenoxy) is 2. The first-order chi connectivity index (χ1) is 7.61. The van der Waals surface area contributed by atoms with Crippen LogP contribution in [0.4, 0.5) is 0 Å². The molecule has 5 nitrogen and oxygen atoms in total. The zero-order valence-corrected chi connectivity index (χ0v) is 9.99. The summed E-state index contributed by atoms with van der Waals surface area (Å²) in [7, 11) is 3.49. The number of nitrogens with one attached hydrogen (secondary N) is 1. The Morgan fingerprint density at radius 3 is 2.88 bits per heavy atom. The lowest BCUT2D eigenvalue weighted by Crippen LogP contribution is -2.64. The number of likely N-dealkylation sites (N-methyl/N-ethyl adjacent to an activating group) is 1. The smallest absolute Gasteiger partial charge is 0.248 e. The molecule has 92 valence electrons. The average Bonchev–Trinajstić information content (AvgIpc) is 2.24. The van der Waals surface area contributed by atoms with Crippen LogP contribution in [-0.4, -0.2) is 62.9 Å². The fourth-order valence-corrected chi connectivity index (χ4v) is 2.09. The number of amides is 1. The second-order valence-electron chi connectivity index (χ2n) is 4.85. The van der Waals surface area contributed by atoms with E-state index < -0.39 is 0 Å². The minimum atomic E-state index is -0.00984. The third-order valence-corrected chi connectivity index (χ3v) is 3.28. The highest BCUT2D eigenvalue weighted by Gasteiger charge is 2.43. The molecule has 1 unspecified atom stereocenters. The number of hydrogen-bond donors (Lipinski definition) is 1. The van der Waals surface area contributed by atoms with E-state index in [9.17, 15) is 4.79 Å². The van der Waals surface area contributed by atoms with Crippen LogP contribution in [0.3, 0.4) is 0 Å². The Labute approximate surface area is 96.1 Å². The summed E-state index contributed by atoms with van der Waals surface area (Å²) in [5.74, 6) is 0.0206. The summed E-state index contributed by atoms with van der Waals surface area (Å²) in [4.78, 5) is 12.9. The molecule has 2 aliphatic rings. The average molecular weight is 228 g/mol. The van der Waals surface area contributed by atoms with Gasteiger partial charge in [0, 0.05) is 40.2 Å². The predicted octanol–water partition coefficient (Wildman–Crippen LogP) is -0.388. The first-order valence-electron chi connectivity index (χ1n) is 5.78. The Bertz CT molecular complexity index is 264. The van der Waals surface area contributed by atoms with Gasteiger partial charge in [-0.25, -0.2) is 0 Å². The van der Waals surface area contributed by atoms with E-state index in [1.807, 2.05) is 0 Å². The molecule has 16 heavy (non-hydrogen) atoms. The monoisotopic (exact) mass is 228 g/mol. The second-order valence-corrected chi connectivity index (χ2v) is 4.85. The quantitative estimate of drug-likeness (QED) is 0.715. The number of carbonyl (C=O) groups excluding carboxylic acids is 1. The van der Waals surface area contributed by atoms with Crippen molar-refractivity contribution in [3.8, 4) is 0 Å². The summed E-state index contributed by atoms with van der Waals surface area (Å²) >= 11 is 0. The van der Waals surface area contributed by atoms with Crippen LogP contribution in [0.15, 0.2) is 0 Å². The first-order valence-corrected chi connectivity index (χ1v) is 5.78. The first kappa shape index (κ1) is 11.8. The van der Waals surface area contributed by atoms with Crippen molar-refractivity contribution in [1.82, 2.24) is 10.2 Å². The van der Waals surface area contributed by atoms with Crippen molar-refractivity contribution in [3.63, 3.8) is 0 Å². The summed E-state index contributed by atoms with van der Waals surface area (Å²) in [6.07, 6.45) is 1.96. The van der Waals surface area contributed by atoms with Gasteiger partial charge in [0.2, 0.25) is 5.91 Å². The third-order valence-electron chi connectivity index (χ3n) is 3.28. The molecular formula is C11H20N2O3. The maximum Gasteiger partial charge on any atom is 0.248 e. The van der Waals surface area contributed by atoms with Crippen LogP contribution in [0.2, 0.25) is 0 Å². The Balaban J connectivity index is 1.75. The van der Waals surface area contributed by atoms with Gasteiger partial charge in [0.05, 0.1) is 11.7 Å². The third kappa shape index (κ3) is 2.53. The molecular weight excluding hydrogens is 208 g/mol. The molecule has 0 aromatic carbocycles. The topological polar surface area (TPSA) is 50.8 Å². The van der Waals surface area contributed by atoms with E-state index in [4.69, 9.17) is 9.47 Å². The molecule has 2 aliphatic heterocycles. The van der Waals surface area contributed by atoms with Crippen molar-refractivity contribution in [3.05, 3.63) is 0 Å². The van der Waals surface area contributed by atoms with E-state index in [2.05, 4.69) is 5.32 Å². The lowest BCUT2D eigenvalue weighted by molar-refractivity contribution is -0.162. The molecule has 2 fully saturated rings. The molecule has 1 spiro atoms. The minimum absolute atomic E-state index is 0.00984. The van der Waals surface area contributed by atoms with Crippen LogP contribution in [0, 0.1) is 0 Å². The van der Waals surface area contributed by atoms with Gasteiger partial charge in [-0.05, 0) is 6.42 Å². The zero-order chi connectivity index (χ0) is 11.6. The lowest BCUT2D eigenvalue weighted by atomic mass is 9.87. The van der Waals surface area contributed by atoms with Gasteiger partial charge in [-0.15, -0.1) is 0 Å². The van der Waals surface area contributed by atoms with Crippen LogP contribution in [0.5, 0.6) is 0 Å². The standard InChI is InChI=1S/C11H20N2O3/c1-13(2)10(14)6-15-9-3-4-16-11(5-9)7-12-8-11/h9,12H,3-8H2,1-2H3. The van der Waals surface area contributed by atoms with Crippen molar-refractivity contribution < 1.29 is 14.3 Å². The molecule has 5 heteroatoms. The second kappa shape index (κ2) is 4.69. The molecule has 0 saturated carbocycles. The van der Waals surface area contributed by atoms with Crippen molar-refractivity contribution in [2.45, 2.75) is 24.5 Å². The Kier molecular flexibility index (Phi) is 3.47. The fourth-order valence-electron chi connectivity index (χ4n) is 2.09. The van der Waals surface area contributed by atoms with Gasteiger partial charge in [0.25, 0.3) is 0 Å². The molecule has 0 aromatic rings. The molecule has 0 aliphatic carbocycles. The largest absolute Gasteiger partial charge is 0.372 e. The fraction of sp³-hybridized carbons (Fsp3) is 0.909. The number of hydrogen-bond acceptors (Lipinski definition) is 4. The highest BCUT2D eigenvalue weighted by atomic mass is 16.5. The highest BCUT2D eigenvalue weighted by Crippen LogP contribution is 2.30. The van der Waals surface area contributed by atoms with Crippen LogP contribution in [0.1, 0.15) is 12.8 Å². The molecule has 0 aromatic heterocycles. The van der Waals surface area contributed by atoms with E-state index in [0.717, 1.165) is 32.5 Å². The van der Waals surface area contributed by atoms with Gasteiger partial charge in [-0.2, -0.15) is 0 Å². The highest BCUT2D eigenvalue weighted by molar-refractivity contribution is 5.76. The minimum Gasteiger partial charge on any atom is -0.372 e. The molecule has 1 atom stereocenters. The summed E-state index contributed by atoms with van der Waals surface area (Å²) in [5.41, 5.74) is -0.00984. The summed E-state index contributed by atoms with van der Waals surface area (Å²) in [6.45, 7) is 2.74. The molecule has 2 saturated heterocycles. The lowest BCUT2D eigenvalue weighted by Gasteiger charge is -2.47. The van der Waals surface area contributed by atoms with Gasteiger partial charge in [0.1, 0.15) is 6.61 Å². The summed E-state index contributed by atoms with van der Waals surface area (Å²) in [6, 6.07) is 0. The zero-order valence-electron chi connectivity index (χ0n) is 9.99. The van der Waals surface area contributed by atoms with E-state index in [0.29, 0.717) is 0 Å². The Morgan fingerprint density at radius 1 is 1.56 bits per heavy atom. The van der Waals surface area contributed by atoms with Crippen molar-refractivity contribution >= 4 is 5.91 Å². The SMILES string of the molecule is CN(C)C(=O)COC1CCOC2(CNC2)C1. The van der Waals surface area contributed by atoms with E-state index in [1.54, 1.807) is 19.0 Å². The maximum absolute atomic E-state index is 11.4. The molecule has 2 rings (SSSR count). The van der Waals surface area contributed by atoms with Crippen molar-refractivity contribution in [2.75, 3.05) is 40.4 Å². The molecule has 0 radical (unpaired) electrons. The summed E-state index contributed by atoms with van der Waals surface area (Å²) in [5, 5.41) is 3.22. The van der Waals surface area contributed by atoms with Gasteiger partial charge >= 0.3 is 0 Å². The number of nitrogens with zero attached hydrogens (tertiary/aromatic N) is 1. The number of carbonyl (C=O) groups is 1. The molecule has 2 heterocycles. The maximum atomic E-state index is 11.4. The Morgan fingerprint density at radius 2 is 2.31 bits per heavy atom.